The fraction of sp³-hybridized carbons (Fsp3) is 0.310. The van der Waals surface area contributed by atoms with E-state index in [0.29, 0.717) is 11.6 Å². The Morgan fingerprint density at radius 3 is 2.26 bits per heavy atom. The molecule has 0 fully saturated rings. The van der Waals surface area contributed by atoms with Crippen molar-refractivity contribution in [2.75, 3.05) is 17.4 Å². The van der Waals surface area contributed by atoms with Gasteiger partial charge in [0.15, 0.2) is 0 Å². The Hall–Kier alpha value is -3.43. The Labute approximate surface area is 234 Å². The van der Waals surface area contributed by atoms with E-state index in [0.717, 1.165) is 22.7 Å². The first kappa shape index (κ1) is 30.1. The van der Waals surface area contributed by atoms with Gasteiger partial charge in [-0.25, -0.2) is 12.8 Å². The number of unbranched alkanes of at least 4 members (excludes halogenated alkanes) is 1. The molecule has 0 aliphatic rings. The number of hydrogen-bond donors (Lipinski definition) is 1. The molecule has 10 heteroatoms. The van der Waals surface area contributed by atoms with Gasteiger partial charge in [0, 0.05) is 23.7 Å². The van der Waals surface area contributed by atoms with Crippen molar-refractivity contribution in [3.63, 3.8) is 0 Å². The number of carbonyl (C=O) groups excluding carboxylic acids is 2. The molecule has 0 unspecified atom stereocenters. The van der Waals surface area contributed by atoms with Gasteiger partial charge in [0.1, 0.15) is 18.4 Å². The first-order valence-corrected chi connectivity index (χ1v) is 14.5. The number of rotatable bonds is 12. The molecule has 0 saturated carbocycles. The number of carbonyl (C=O) groups is 2. The van der Waals surface area contributed by atoms with E-state index in [4.69, 9.17) is 11.6 Å². The molecule has 2 amide bonds. The van der Waals surface area contributed by atoms with Crippen molar-refractivity contribution in [1.82, 2.24) is 10.2 Å². The molecular weight excluding hydrogens is 541 g/mol. The van der Waals surface area contributed by atoms with Crippen molar-refractivity contribution in [2.24, 2.45) is 0 Å². The lowest BCUT2D eigenvalue weighted by Gasteiger charge is -2.32. The normalized spacial score (nSPS) is 12.0. The summed E-state index contributed by atoms with van der Waals surface area (Å²) in [6, 6.07) is 17.3. The monoisotopic (exact) mass is 573 g/mol. The third kappa shape index (κ3) is 7.80. The molecule has 0 radical (unpaired) electrons. The van der Waals surface area contributed by atoms with E-state index in [1.807, 2.05) is 13.8 Å². The number of amides is 2. The van der Waals surface area contributed by atoms with Crippen molar-refractivity contribution in [2.45, 2.75) is 51.1 Å². The predicted molar refractivity (Wildman–Crippen MR) is 151 cm³/mol. The van der Waals surface area contributed by atoms with Gasteiger partial charge in [-0.05, 0) is 62.7 Å². The molecule has 0 aromatic heterocycles. The predicted octanol–water partition coefficient (Wildman–Crippen LogP) is 5.32. The summed E-state index contributed by atoms with van der Waals surface area (Å²) in [5.41, 5.74) is 1.39. The molecule has 3 rings (SSSR count). The number of halogens is 2. The van der Waals surface area contributed by atoms with E-state index in [-0.39, 0.29) is 22.7 Å². The van der Waals surface area contributed by atoms with Gasteiger partial charge in [-0.2, -0.15) is 0 Å². The Morgan fingerprint density at radius 2 is 1.64 bits per heavy atom. The molecule has 39 heavy (non-hydrogen) atoms. The molecular formula is C29H33ClFN3O4S. The van der Waals surface area contributed by atoms with Crippen LogP contribution in [-0.2, 0) is 26.2 Å². The van der Waals surface area contributed by atoms with Crippen LogP contribution in [0.3, 0.4) is 0 Å². The Kier molecular flexibility index (Phi) is 10.5. The maximum atomic E-state index is 14.6. The highest BCUT2D eigenvalue weighted by atomic mass is 35.5. The van der Waals surface area contributed by atoms with Crippen LogP contribution in [0.15, 0.2) is 77.7 Å². The second kappa shape index (κ2) is 13.6. The first-order chi connectivity index (χ1) is 18.5. The van der Waals surface area contributed by atoms with Crippen LogP contribution in [0.25, 0.3) is 0 Å². The van der Waals surface area contributed by atoms with Crippen LogP contribution in [0.1, 0.15) is 37.8 Å². The standard InChI is InChI=1S/C29H33ClFN3O4S/c1-4-5-18-32-29(36)22(3)33(19-23-8-6-7-9-27(23)31)28(35)20-34(25-14-10-21(2)11-15-25)39(37,38)26-16-12-24(30)13-17-26/h6-17,22H,4-5,18-20H2,1-3H3,(H,32,36)/t22-/m1/s1. The smallest absolute Gasteiger partial charge is 0.264 e. The second-order valence-electron chi connectivity index (χ2n) is 9.23. The maximum absolute atomic E-state index is 14.6. The Bertz CT molecular complexity index is 1380. The first-order valence-electron chi connectivity index (χ1n) is 12.7. The van der Waals surface area contributed by atoms with Crippen LogP contribution in [0.4, 0.5) is 10.1 Å². The lowest BCUT2D eigenvalue weighted by atomic mass is 10.1. The average Bonchev–Trinajstić information content (AvgIpc) is 2.91. The van der Waals surface area contributed by atoms with Crippen LogP contribution in [0.2, 0.25) is 5.02 Å². The molecule has 1 atom stereocenters. The van der Waals surface area contributed by atoms with E-state index in [9.17, 15) is 22.4 Å². The minimum absolute atomic E-state index is 0.0497. The van der Waals surface area contributed by atoms with Gasteiger partial charge < -0.3 is 10.2 Å². The fourth-order valence-electron chi connectivity index (χ4n) is 3.90. The minimum atomic E-state index is -4.20. The number of hydrogen-bond acceptors (Lipinski definition) is 4. The third-order valence-corrected chi connectivity index (χ3v) is 8.34. The summed E-state index contributed by atoms with van der Waals surface area (Å²) in [5, 5.41) is 3.17. The van der Waals surface area contributed by atoms with Crippen molar-refractivity contribution in [1.29, 1.82) is 0 Å². The highest BCUT2D eigenvalue weighted by molar-refractivity contribution is 7.92. The van der Waals surface area contributed by atoms with Crippen LogP contribution < -0.4 is 9.62 Å². The third-order valence-electron chi connectivity index (χ3n) is 6.30. The molecule has 1 N–H and O–H groups in total. The number of aryl methyl sites for hydroxylation is 1. The van der Waals surface area contributed by atoms with Gasteiger partial charge in [0.2, 0.25) is 11.8 Å². The van der Waals surface area contributed by atoms with Crippen molar-refractivity contribution >= 4 is 39.1 Å². The molecule has 0 bridgehead atoms. The largest absolute Gasteiger partial charge is 0.354 e. The van der Waals surface area contributed by atoms with Gasteiger partial charge in [-0.3, -0.25) is 13.9 Å². The SMILES string of the molecule is CCCCNC(=O)[C@@H](C)N(Cc1ccccc1F)C(=O)CN(c1ccc(C)cc1)S(=O)(=O)c1ccc(Cl)cc1. The number of nitrogens with zero attached hydrogens (tertiary/aromatic N) is 2. The quantitative estimate of drug-likeness (QED) is 0.297. The molecule has 0 saturated heterocycles. The van der Waals surface area contributed by atoms with Crippen LogP contribution in [0.5, 0.6) is 0 Å². The van der Waals surface area contributed by atoms with Gasteiger partial charge in [0.05, 0.1) is 10.6 Å². The molecule has 3 aromatic rings. The van der Waals surface area contributed by atoms with E-state index in [1.54, 1.807) is 37.3 Å². The Morgan fingerprint density at radius 1 is 1.00 bits per heavy atom. The number of sulfonamides is 1. The average molecular weight is 574 g/mol. The summed E-state index contributed by atoms with van der Waals surface area (Å²) in [6.07, 6.45) is 1.64. The summed E-state index contributed by atoms with van der Waals surface area (Å²) in [5.74, 6) is -1.59. The summed E-state index contributed by atoms with van der Waals surface area (Å²) in [6.45, 7) is 5.02. The molecule has 0 aliphatic carbocycles. The number of anilines is 1. The lowest BCUT2D eigenvalue weighted by molar-refractivity contribution is -0.139. The Balaban J connectivity index is 2.00. The molecule has 7 nitrogen and oxygen atoms in total. The molecule has 3 aromatic carbocycles. The van der Waals surface area contributed by atoms with Crippen molar-refractivity contribution < 1.29 is 22.4 Å². The van der Waals surface area contributed by atoms with Crippen LogP contribution >= 0.6 is 11.6 Å². The summed E-state index contributed by atoms with van der Waals surface area (Å²) in [4.78, 5) is 27.9. The lowest BCUT2D eigenvalue weighted by Crippen LogP contribution is -2.51. The fourth-order valence-corrected chi connectivity index (χ4v) is 5.44. The number of nitrogens with one attached hydrogen (secondary N) is 1. The van der Waals surface area contributed by atoms with E-state index < -0.39 is 40.2 Å². The summed E-state index contributed by atoms with van der Waals surface area (Å²) in [7, 11) is -4.20. The molecule has 0 heterocycles. The van der Waals surface area contributed by atoms with Gasteiger partial charge in [-0.1, -0.05) is 60.8 Å². The molecule has 0 spiro atoms. The minimum Gasteiger partial charge on any atom is -0.354 e. The van der Waals surface area contributed by atoms with Crippen molar-refractivity contribution in [3.05, 3.63) is 94.8 Å². The topological polar surface area (TPSA) is 86.8 Å². The van der Waals surface area contributed by atoms with Gasteiger partial charge in [-0.15, -0.1) is 0 Å². The van der Waals surface area contributed by atoms with E-state index in [1.165, 1.54) is 47.4 Å². The highest BCUT2D eigenvalue weighted by Gasteiger charge is 2.32. The van der Waals surface area contributed by atoms with E-state index >= 15 is 0 Å². The molecule has 208 valence electrons. The zero-order valence-corrected chi connectivity index (χ0v) is 23.8. The maximum Gasteiger partial charge on any atom is 0.264 e. The zero-order valence-electron chi connectivity index (χ0n) is 22.2. The second-order valence-corrected chi connectivity index (χ2v) is 11.5. The van der Waals surface area contributed by atoms with Crippen molar-refractivity contribution in [3.8, 4) is 0 Å². The molecule has 0 aliphatic heterocycles. The zero-order chi connectivity index (χ0) is 28.6. The number of benzene rings is 3. The summed E-state index contributed by atoms with van der Waals surface area (Å²) < 4.78 is 43.1. The van der Waals surface area contributed by atoms with Crippen LogP contribution in [-0.4, -0.2) is 44.3 Å². The van der Waals surface area contributed by atoms with Crippen LogP contribution in [0, 0.1) is 12.7 Å². The van der Waals surface area contributed by atoms with E-state index in [2.05, 4.69) is 5.32 Å². The summed E-state index contributed by atoms with van der Waals surface area (Å²) >= 11 is 5.96. The van der Waals surface area contributed by atoms with Gasteiger partial charge in [0.25, 0.3) is 10.0 Å². The van der Waals surface area contributed by atoms with Gasteiger partial charge >= 0.3 is 0 Å². The highest BCUT2D eigenvalue weighted by Crippen LogP contribution is 2.26.